The molecule has 0 spiro atoms. The standard InChI is InChI=1S/C10H19NO3/c1-4-7(2)11-6-8(12)5-9(11)10(13)14-3/h7-9,12H,4-6H2,1-3H3. The average Bonchev–Trinajstić information content (AvgIpc) is 2.58. The molecule has 0 aromatic heterocycles. The fraction of sp³-hybridized carbons (Fsp3) is 0.900. The summed E-state index contributed by atoms with van der Waals surface area (Å²) >= 11 is 0. The highest BCUT2D eigenvalue weighted by Crippen LogP contribution is 2.22. The highest BCUT2D eigenvalue weighted by atomic mass is 16.5. The molecule has 1 aliphatic heterocycles. The van der Waals surface area contributed by atoms with Crippen molar-refractivity contribution >= 4 is 5.97 Å². The molecule has 1 aliphatic rings. The van der Waals surface area contributed by atoms with Gasteiger partial charge in [0.15, 0.2) is 0 Å². The smallest absolute Gasteiger partial charge is 0.323 e. The minimum Gasteiger partial charge on any atom is -0.468 e. The Morgan fingerprint density at radius 3 is 2.86 bits per heavy atom. The molecule has 0 bridgehead atoms. The van der Waals surface area contributed by atoms with Gasteiger partial charge in [0.05, 0.1) is 13.2 Å². The molecule has 0 aliphatic carbocycles. The zero-order valence-corrected chi connectivity index (χ0v) is 9.06. The molecular formula is C10H19NO3. The lowest BCUT2D eigenvalue weighted by Crippen LogP contribution is -2.42. The number of methoxy groups -OCH3 is 1. The van der Waals surface area contributed by atoms with Crippen LogP contribution in [0.25, 0.3) is 0 Å². The molecule has 1 fully saturated rings. The maximum atomic E-state index is 11.4. The van der Waals surface area contributed by atoms with Crippen molar-refractivity contribution in [1.29, 1.82) is 0 Å². The van der Waals surface area contributed by atoms with E-state index in [1.165, 1.54) is 7.11 Å². The Kier molecular flexibility index (Phi) is 3.89. The molecule has 0 aromatic carbocycles. The van der Waals surface area contributed by atoms with Crippen LogP contribution in [0.4, 0.5) is 0 Å². The fourth-order valence-electron chi connectivity index (χ4n) is 1.93. The van der Waals surface area contributed by atoms with Crippen molar-refractivity contribution < 1.29 is 14.6 Å². The average molecular weight is 201 g/mol. The van der Waals surface area contributed by atoms with E-state index in [2.05, 4.69) is 13.8 Å². The number of nitrogens with zero attached hydrogens (tertiary/aromatic N) is 1. The summed E-state index contributed by atoms with van der Waals surface area (Å²) in [7, 11) is 1.39. The number of carbonyl (C=O) groups is 1. The SMILES string of the molecule is CCC(C)N1CC(O)CC1C(=O)OC. The van der Waals surface area contributed by atoms with Crippen LogP contribution in [0.15, 0.2) is 0 Å². The molecule has 3 atom stereocenters. The Balaban J connectivity index is 2.67. The minimum atomic E-state index is -0.395. The zero-order chi connectivity index (χ0) is 10.7. The van der Waals surface area contributed by atoms with Crippen molar-refractivity contribution in [1.82, 2.24) is 4.90 Å². The van der Waals surface area contributed by atoms with Crippen LogP contribution in [-0.2, 0) is 9.53 Å². The number of carbonyl (C=O) groups excluding carboxylic acids is 1. The molecule has 3 unspecified atom stereocenters. The number of hydrogen-bond donors (Lipinski definition) is 1. The van der Waals surface area contributed by atoms with E-state index in [0.717, 1.165) is 6.42 Å². The Hall–Kier alpha value is -0.610. The van der Waals surface area contributed by atoms with Crippen molar-refractivity contribution in [3.63, 3.8) is 0 Å². The third kappa shape index (κ3) is 2.25. The highest BCUT2D eigenvalue weighted by molar-refractivity contribution is 5.76. The third-order valence-electron chi connectivity index (χ3n) is 2.95. The zero-order valence-electron chi connectivity index (χ0n) is 9.06. The summed E-state index contributed by atoms with van der Waals surface area (Å²) in [5, 5.41) is 9.51. The van der Waals surface area contributed by atoms with Gasteiger partial charge in [0, 0.05) is 19.0 Å². The van der Waals surface area contributed by atoms with Gasteiger partial charge in [-0.25, -0.2) is 0 Å². The van der Waals surface area contributed by atoms with Crippen LogP contribution in [0, 0.1) is 0 Å². The number of rotatable bonds is 3. The first kappa shape index (κ1) is 11.5. The number of hydrogen-bond acceptors (Lipinski definition) is 4. The molecule has 1 saturated heterocycles. The summed E-state index contributed by atoms with van der Waals surface area (Å²) in [5.41, 5.74) is 0. The molecule has 0 saturated carbocycles. The van der Waals surface area contributed by atoms with Gasteiger partial charge in [0.25, 0.3) is 0 Å². The van der Waals surface area contributed by atoms with E-state index >= 15 is 0 Å². The van der Waals surface area contributed by atoms with E-state index in [-0.39, 0.29) is 12.0 Å². The lowest BCUT2D eigenvalue weighted by molar-refractivity contribution is -0.146. The number of aliphatic hydroxyl groups excluding tert-OH is 1. The summed E-state index contributed by atoms with van der Waals surface area (Å²) in [6.45, 7) is 4.71. The first-order chi connectivity index (χ1) is 6.60. The first-order valence-electron chi connectivity index (χ1n) is 5.11. The largest absolute Gasteiger partial charge is 0.468 e. The van der Waals surface area contributed by atoms with Gasteiger partial charge in [0.2, 0.25) is 0 Å². The van der Waals surface area contributed by atoms with Crippen LogP contribution in [0.5, 0.6) is 0 Å². The van der Waals surface area contributed by atoms with Gasteiger partial charge in [-0.1, -0.05) is 6.92 Å². The first-order valence-corrected chi connectivity index (χ1v) is 5.11. The second-order valence-corrected chi connectivity index (χ2v) is 3.88. The van der Waals surface area contributed by atoms with E-state index in [1.807, 2.05) is 4.90 Å². The molecule has 4 nitrogen and oxygen atoms in total. The van der Waals surface area contributed by atoms with Crippen molar-refractivity contribution in [2.75, 3.05) is 13.7 Å². The number of β-amino-alcohol motifs (C(OH)–C–C–N with tert-alkyl or cyclic N) is 1. The third-order valence-corrected chi connectivity index (χ3v) is 2.95. The quantitative estimate of drug-likeness (QED) is 0.671. The molecule has 0 amide bonds. The van der Waals surface area contributed by atoms with Crippen molar-refractivity contribution in [2.24, 2.45) is 0 Å². The van der Waals surface area contributed by atoms with Crippen LogP contribution in [0.1, 0.15) is 26.7 Å². The van der Waals surface area contributed by atoms with Gasteiger partial charge in [-0.15, -0.1) is 0 Å². The summed E-state index contributed by atoms with van der Waals surface area (Å²) < 4.78 is 4.72. The van der Waals surface area contributed by atoms with E-state index in [9.17, 15) is 9.90 Å². The Bertz CT molecular complexity index is 208. The lowest BCUT2D eigenvalue weighted by Gasteiger charge is -2.27. The molecule has 0 radical (unpaired) electrons. The predicted molar refractivity (Wildman–Crippen MR) is 52.9 cm³/mol. The maximum Gasteiger partial charge on any atom is 0.323 e. The molecule has 82 valence electrons. The summed E-state index contributed by atoms with van der Waals surface area (Å²) in [4.78, 5) is 13.4. The van der Waals surface area contributed by atoms with Crippen molar-refractivity contribution in [2.45, 2.75) is 44.9 Å². The summed E-state index contributed by atoms with van der Waals surface area (Å²) in [5.74, 6) is -0.234. The van der Waals surface area contributed by atoms with Gasteiger partial charge in [-0.05, 0) is 13.3 Å². The van der Waals surface area contributed by atoms with Gasteiger partial charge in [0.1, 0.15) is 6.04 Å². The van der Waals surface area contributed by atoms with Crippen molar-refractivity contribution in [3.05, 3.63) is 0 Å². The van der Waals surface area contributed by atoms with Gasteiger partial charge < -0.3 is 9.84 Å². The second kappa shape index (κ2) is 4.75. The molecule has 14 heavy (non-hydrogen) atoms. The normalized spacial score (nSPS) is 30.3. The predicted octanol–water partition coefficient (Wildman–Crippen LogP) is 0.393. The van der Waals surface area contributed by atoms with Crippen LogP contribution in [0.3, 0.4) is 0 Å². The number of esters is 1. The van der Waals surface area contributed by atoms with E-state index in [4.69, 9.17) is 4.74 Å². The fourth-order valence-corrected chi connectivity index (χ4v) is 1.93. The monoisotopic (exact) mass is 201 g/mol. The number of likely N-dealkylation sites (tertiary alicyclic amines) is 1. The topological polar surface area (TPSA) is 49.8 Å². The maximum absolute atomic E-state index is 11.4. The molecule has 0 aromatic rings. The summed E-state index contributed by atoms with van der Waals surface area (Å²) in [6.07, 6.45) is 1.07. The van der Waals surface area contributed by atoms with Gasteiger partial charge in [-0.2, -0.15) is 0 Å². The van der Waals surface area contributed by atoms with E-state index in [1.54, 1.807) is 0 Å². The van der Waals surface area contributed by atoms with Crippen LogP contribution in [-0.4, -0.2) is 47.8 Å². The Morgan fingerprint density at radius 1 is 1.71 bits per heavy atom. The lowest BCUT2D eigenvalue weighted by atomic mass is 10.1. The Labute approximate surface area is 84.8 Å². The summed E-state index contributed by atoms with van der Waals surface area (Å²) in [6, 6.07) is 0.0567. The highest BCUT2D eigenvalue weighted by Gasteiger charge is 2.38. The molecular weight excluding hydrogens is 182 g/mol. The van der Waals surface area contributed by atoms with Crippen LogP contribution < -0.4 is 0 Å². The van der Waals surface area contributed by atoms with Gasteiger partial charge >= 0.3 is 5.97 Å². The minimum absolute atomic E-state index is 0.234. The molecule has 1 rings (SSSR count). The number of aliphatic hydroxyl groups is 1. The Morgan fingerprint density at radius 2 is 2.36 bits per heavy atom. The second-order valence-electron chi connectivity index (χ2n) is 3.88. The van der Waals surface area contributed by atoms with E-state index in [0.29, 0.717) is 19.0 Å². The van der Waals surface area contributed by atoms with Crippen LogP contribution >= 0.6 is 0 Å². The van der Waals surface area contributed by atoms with E-state index < -0.39 is 6.10 Å². The van der Waals surface area contributed by atoms with Crippen molar-refractivity contribution in [3.8, 4) is 0 Å². The molecule has 4 heteroatoms. The molecule has 1 heterocycles. The van der Waals surface area contributed by atoms with Crippen LogP contribution in [0.2, 0.25) is 0 Å². The van der Waals surface area contributed by atoms with Gasteiger partial charge in [-0.3, -0.25) is 9.69 Å². The molecule has 1 N–H and O–H groups in total. The number of ether oxygens (including phenoxy) is 1.